The van der Waals surface area contributed by atoms with Crippen LogP contribution in [-0.2, 0) is 11.3 Å². The molecule has 0 spiro atoms. The lowest BCUT2D eigenvalue weighted by molar-refractivity contribution is 0.211. The van der Waals surface area contributed by atoms with Gasteiger partial charge in [0.15, 0.2) is 5.96 Å². The van der Waals surface area contributed by atoms with Crippen LogP contribution in [0.3, 0.4) is 0 Å². The topological polar surface area (TPSA) is 57.7 Å². The fraction of sp³-hybridized carbons (Fsp3) is 0.421. The van der Waals surface area contributed by atoms with Crippen molar-refractivity contribution in [2.75, 3.05) is 39.2 Å². The number of hydrogen-bond donors (Lipinski definition) is 3. The lowest BCUT2D eigenvalue weighted by Crippen LogP contribution is -2.38. The molecule has 1 aromatic heterocycles. The van der Waals surface area contributed by atoms with Crippen LogP contribution in [0, 0.1) is 0 Å². The minimum absolute atomic E-state index is 0.469. The molecule has 0 saturated carbocycles. The third-order valence-electron chi connectivity index (χ3n) is 3.88. The van der Waals surface area contributed by atoms with E-state index in [0.717, 1.165) is 31.3 Å². The van der Waals surface area contributed by atoms with E-state index in [9.17, 15) is 0 Å². The van der Waals surface area contributed by atoms with E-state index in [0.29, 0.717) is 12.5 Å². The third kappa shape index (κ3) is 6.76. The first-order chi connectivity index (χ1) is 12.2. The Labute approximate surface area is 154 Å². The first kappa shape index (κ1) is 19.3. The molecular weight excluding hydrogens is 332 g/mol. The fourth-order valence-corrected chi connectivity index (χ4v) is 3.15. The molecule has 0 radical (unpaired) electrons. The Balaban J connectivity index is 1.74. The number of rotatable bonds is 9. The predicted octanol–water partition coefficient (Wildman–Crippen LogP) is 3.28. The van der Waals surface area contributed by atoms with Gasteiger partial charge in [0.1, 0.15) is 0 Å². The van der Waals surface area contributed by atoms with Gasteiger partial charge in [-0.2, -0.15) is 0 Å². The highest BCUT2D eigenvalue weighted by atomic mass is 32.1. The molecule has 0 bridgehead atoms. The zero-order valence-corrected chi connectivity index (χ0v) is 16.0. The van der Waals surface area contributed by atoms with Gasteiger partial charge >= 0.3 is 0 Å². The number of ether oxygens (including phenoxy) is 1. The van der Waals surface area contributed by atoms with Crippen LogP contribution in [0.1, 0.15) is 23.3 Å². The van der Waals surface area contributed by atoms with Crippen molar-refractivity contribution in [3.8, 4) is 0 Å². The van der Waals surface area contributed by atoms with Gasteiger partial charge in [0, 0.05) is 50.3 Å². The van der Waals surface area contributed by atoms with E-state index < -0.39 is 0 Å². The van der Waals surface area contributed by atoms with Gasteiger partial charge in [-0.1, -0.05) is 25.1 Å². The molecule has 25 heavy (non-hydrogen) atoms. The molecule has 1 aromatic carbocycles. The second-order valence-corrected chi connectivity index (χ2v) is 6.82. The first-order valence-electron chi connectivity index (χ1n) is 8.52. The lowest BCUT2D eigenvalue weighted by atomic mass is 10.1. The summed E-state index contributed by atoms with van der Waals surface area (Å²) in [6.07, 6.45) is 0. The molecule has 5 nitrogen and oxygen atoms in total. The predicted molar refractivity (Wildman–Crippen MR) is 108 cm³/mol. The van der Waals surface area contributed by atoms with Crippen LogP contribution in [0.15, 0.2) is 46.8 Å². The van der Waals surface area contributed by atoms with E-state index >= 15 is 0 Å². The maximum absolute atomic E-state index is 5.04. The van der Waals surface area contributed by atoms with Crippen molar-refractivity contribution in [2.45, 2.75) is 19.4 Å². The van der Waals surface area contributed by atoms with Gasteiger partial charge in [-0.3, -0.25) is 4.99 Å². The maximum Gasteiger partial charge on any atom is 0.191 e. The number of thiophene rings is 1. The summed E-state index contributed by atoms with van der Waals surface area (Å²) in [5.41, 5.74) is 2.32. The second kappa shape index (κ2) is 10.7. The summed E-state index contributed by atoms with van der Waals surface area (Å²) in [6.45, 7) is 5.34. The molecule has 0 aliphatic carbocycles. The van der Waals surface area contributed by atoms with E-state index in [1.54, 1.807) is 25.5 Å². The van der Waals surface area contributed by atoms with E-state index in [4.69, 9.17) is 4.74 Å². The molecule has 0 amide bonds. The molecule has 0 fully saturated rings. The molecule has 2 rings (SSSR count). The lowest BCUT2D eigenvalue weighted by Gasteiger charge is -2.15. The molecular formula is C19H28N4OS. The largest absolute Gasteiger partial charge is 0.383 e. The highest BCUT2D eigenvalue weighted by molar-refractivity contribution is 7.10. The van der Waals surface area contributed by atoms with E-state index in [-0.39, 0.29) is 0 Å². The Kier molecular flexibility index (Phi) is 8.28. The molecule has 6 heteroatoms. The number of hydrogen-bond acceptors (Lipinski definition) is 4. The van der Waals surface area contributed by atoms with Crippen LogP contribution in [0.5, 0.6) is 0 Å². The van der Waals surface area contributed by atoms with Crippen LogP contribution in [-0.4, -0.2) is 39.8 Å². The number of benzene rings is 1. The molecule has 0 aliphatic rings. The smallest absolute Gasteiger partial charge is 0.191 e. The van der Waals surface area contributed by atoms with Gasteiger partial charge in [0.25, 0.3) is 0 Å². The van der Waals surface area contributed by atoms with Gasteiger partial charge in [-0.05, 0) is 29.1 Å². The molecule has 2 aromatic rings. The zero-order chi connectivity index (χ0) is 17.9. The van der Waals surface area contributed by atoms with Gasteiger partial charge in [0.05, 0.1) is 6.61 Å². The Morgan fingerprint density at radius 3 is 2.64 bits per heavy atom. The summed E-state index contributed by atoms with van der Waals surface area (Å²) in [5, 5.41) is 12.2. The molecule has 1 atom stereocenters. The minimum atomic E-state index is 0.469. The highest BCUT2D eigenvalue weighted by Gasteiger charge is 2.07. The van der Waals surface area contributed by atoms with Crippen LogP contribution in [0.4, 0.5) is 5.69 Å². The van der Waals surface area contributed by atoms with Crippen molar-refractivity contribution in [2.24, 2.45) is 4.99 Å². The number of nitrogens with zero attached hydrogens (tertiary/aromatic N) is 1. The Bertz CT molecular complexity index is 625. The first-order valence-corrected chi connectivity index (χ1v) is 9.40. The van der Waals surface area contributed by atoms with Gasteiger partial charge in [-0.25, -0.2) is 0 Å². The zero-order valence-electron chi connectivity index (χ0n) is 15.2. The van der Waals surface area contributed by atoms with Crippen LogP contribution >= 0.6 is 11.3 Å². The molecule has 1 heterocycles. The molecule has 0 aliphatic heterocycles. The molecule has 1 unspecified atom stereocenters. The van der Waals surface area contributed by atoms with Gasteiger partial charge in [0.2, 0.25) is 0 Å². The highest BCUT2D eigenvalue weighted by Crippen LogP contribution is 2.19. The van der Waals surface area contributed by atoms with Crippen molar-refractivity contribution >= 4 is 23.0 Å². The normalized spacial score (nSPS) is 12.7. The fourth-order valence-electron chi connectivity index (χ4n) is 2.37. The molecule has 3 N–H and O–H groups in total. The van der Waals surface area contributed by atoms with Crippen molar-refractivity contribution in [1.29, 1.82) is 0 Å². The number of anilines is 1. The Morgan fingerprint density at radius 1 is 1.20 bits per heavy atom. The van der Waals surface area contributed by atoms with E-state index in [1.165, 1.54) is 10.4 Å². The average molecular weight is 361 g/mol. The average Bonchev–Trinajstić information content (AvgIpc) is 3.18. The quantitative estimate of drug-likeness (QED) is 0.365. The van der Waals surface area contributed by atoms with Crippen LogP contribution in [0.2, 0.25) is 0 Å². The number of methoxy groups -OCH3 is 1. The van der Waals surface area contributed by atoms with Crippen LogP contribution in [0.25, 0.3) is 0 Å². The van der Waals surface area contributed by atoms with Crippen molar-refractivity contribution < 1.29 is 4.74 Å². The number of aliphatic imine (C=N–C) groups is 1. The van der Waals surface area contributed by atoms with Crippen molar-refractivity contribution in [1.82, 2.24) is 10.6 Å². The van der Waals surface area contributed by atoms with Gasteiger partial charge in [-0.15, -0.1) is 11.3 Å². The Morgan fingerprint density at radius 2 is 2.00 bits per heavy atom. The Hall–Kier alpha value is -2.05. The summed E-state index contributed by atoms with van der Waals surface area (Å²) in [7, 11) is 3.51. The summed E-state index contributed by atoms with van der Waals surface area (Å²) >= 11 is 1.79. The standard InChI is InChI=1S/C19H28N4OS/c1-15(18-5-4-12-25-18)13-22-19(20-2)23-14-16-6-8-17(9-7-16)21-10-11-24-3/h4-9,12,15,21H,10-11,13-14H2,1-3H3,(H2,20,22,23). The second-order valence-electron chi connectivity index (χ2n) is 5.84. The monoisotopic (exact) mass is 360 g/mol. The van der Waals surface area contributed by atoms with E-state index in [1.807, 2.05) is 0 Å². The van der Waals surface area contributed by atoms with Crippen molar-refractivity contribution in [3.63, 3.8) is 0 Å². The van der Waals surface area contributed by atoms with E-state index in [2.05, 4.69) is 69.6 Å². The van der Waals surface area contributed by atoms with Gasteiger partial charge < -0.3 is 20.7 Å². The summed E-state index contributed by atoms with van der Waals surface area (Å²) in [5.74, 6) is 1.29. The van der Waals surface area contributed by atoms with Crippen molar-refractivity contribution in [3.05, 3.63) is 52.2 Å². The minimum Gasteiger partial charge on any atom is -0.383 e. The number of guanidine groups is 1. The molecule has 136 valence electrons. The SMILES string of the molecule is CN=C(NCc1ccc(NCCOC)cc1)NCC(C)c1cccs1. The van der Waals surface area contributed by atoms with Crippen LogP contribution < -0.4 is 16.0 Å². The third-order valence-corrected chi connectivity index (χ3v) is 4.98. The molecule has 0 saturated heterocycles. The summed E-state index contributed by atoms with van der Waals surface area (Å²) in [4.78, 5) is 5.68. The summed E-state index contributed by atoms with van der Waals surface area (Å²) < 4.78 is 5.04. The maximum atomic E-state index is 5.04. The number of nitrogens with one attached hydrogen (secondary N) is 3. The summed E-state index contributed by atoms with van der Waals surface area (Å²) in [6, 6.07) is 12.7.